The van der Waals surface area contributed by atoms with E-state index in [9.17, 15) is 4.79 Å². The highest BCUT2D eigenvalue weighted by Crippen LogP contribution is 2.22. The minimum Gasteiger partial charge on any atom is -0.353 e. The third-order valence-electron chi connectivity index (χ3n) is 4.98. The lowest BCUT2D eigenvalue weighted by Gasteiger charge is -2.36. The number of anilines is 1. The van der Waals surface area contributed by atoms with Crippen LogP contribution in [0.4, 0.5) is 5.82 Å². The van der Waals surface area contributed by atoms with E-state index in [-0.39, 0.29) is 11.2 Å². The van der Waals surface area contributed by atoms with Crippen molar-refractivity contribution in [1.29, 1.82) is 0 Å². The van der Waals surface area contributed by atoms with Crippen molar-refractivity contribution >= 4 is 23.5 Å². The zero-order chi connectivity index (χ0) is 20.1. The van der Waals surface area contributed by atoms with Crippen LogP contribution in [0, 0.1) is 6.92 Å². The van der Waals surface area contributed by atoms with Gasteiger partial charge in [0.1, 0.15) is 11.6 Å². The Labute approximate surface area is 172 Å². The fraction of sp³-hybridized carbons (Fsp3) is 0.500. The van der Waals surface area contributed by atoms with Gasteiger partial charge in [0.05, 0.1) is 5.25 Å². The summed E-state index contributed by atoms with van der Waals surface area (Å²) < 4.78 is 0. The number of hydrogen-bond donors (Lipinski definition) is 0. The van der Waals surface area contributed by atoms with E-state index in [1.54, 1.807) is 11.8 Å². The third-order valence-corrected chi connectivity index (χ3v) is 6.18. The van der Waals surface area contributed by atoms with Gasteiger partial charge in [0.25, 0.3) is 0 Å². The molecule has 1 aliphatic rings. The first-order chi connectivity index (χ1) is 13.4. The Morgan fingerprint density at radius 2 is 1.75 bits per heavy atom. The third kappa shape index (κ3) is 5.25. The molecule has 6 heteroatoms. The van der Waals surface area contributed by atoms with Crippen LogP contribution in [0.1, 0.15) is 43.8 Å². The standard InChI is InChI=1S/C22H30N4OS/c1-16(2)21-23-17(3)14-20(24-21)25-10-12-26(13-11-25)22(27)18(4)28-15-19-8-6-5-7-9-19/h5-9,14,16,18H,10-13,15H2,1-4H3/t18-/m0/s1. The van der Waals surface area contributed by atoms with E-state index >= 15 is 0 Å². The van der Waals surface area contributed by atoms with E-state index in [2.05, 4.69) is 35.9 Å². The van der Waals surface area contributed by atoms with Crippen LogP contribution in [-0.2, 0) is 10.5 Å². The number of amides is 1. The predicted octanol–water partition coefficient (Wildman–Crippen LogP) is 3.88. The highest BCUT2D eigenvalue weighted by Gasteiger charge is 2.26. The maximum Gasteiger partial charge on any atom is 0.235 e. The average molecular weight is 399 g/mol. The molecule has 1 saturated heterocycles. The molecule has 2 aromatic rings. The predicted molar refractivity (Wildman–Crippen MR) is 117 cm³/mol. The van der Waals surface area contributed by atoms with E-state index in [1.807, 2.05) is 43.0 Å². The number of carbonyl (C=O) groups excluding carboxylic acids is 1. The van der Waals surface area contributed by atoms with Crippen molar-refractivity contribution in [2.45, 2.75) is 44.6 Å². The molecule has 0 bridgehead atoms. The Bertz CT molecular complexity index is 788. The van der Waals surface area contributed by atoms with Gasteiger partial charge in [-0.2, -0.15) is 0 Å². The van der Waals surface area contributed by atoms with E-state index in [4.69, 9.17) is 4.98 Å². The summed E-state index contributed by atoms with van der Waals surface area (Å²) in [6, 6.07) is 12.4. The van der Waals surface area contributed by atoms with Crippen LogP contribution in [0.3, 0.4) is 0 Å². The van der Waals surface area contributed by atoms with Gasteiger partial charge >= 0.3 is 0 Å². The van der Waals surface area contributed by atoms with Crippen molar-refractivity contribution in [2.24, 2.45) is 0 Å². The second-order valence-electron chi connectivity index (χ2n) is 7.63. The minimum absolute atomic E-state index is 0.0272. The van der Waals surface area contributed by atoms with Gasteiger partial charge in [-0.1, -0.05) is 44.2 Å². The largest absolute Gasteiger partial charge is 0.353 e. The van der Waals surface area contributed by atoms with Crippen molar-refractivity contribution < 1.29 is 4.79 Å². The first-order valence-corrected chi connectivity index (χ1v) is 11.0. The molecular formula is C22H30N4OS. The Morgan fingerprint density at radius 1 is 1.07 bits per heavy atom. The lowest BCUT2D eigenvalue weighted by molar-refractivity contribution is -0.130. The zero-order valence-electron chi connectivity index (χ0n) is 17.3. The van der Waals surface area contributed by atoms with Crippen molar-refractivity contribution in [3.05, 3.63) is 53.5 Å². The lowest BCUT2D eigenvalue weighted by atomic mass is 10.2. The molecule has 1 aromatic heterocycles. The molecule has 0 radical (unpaired) electrons. The van der Waals surface area contributed by atoms with Crippen LogP contribution < -0.4 is 4.90 Å². The Hall–Kier alpha value is -2.08. The molecule has 1 aliphatic heterocycles. The maximum absolute atomic E-state index is 12.8. The van der Waals surface area contributed by atoms with Gasteiger partial charge < -0.3 is 9.80 Å². The van der Waals surface area contributed by atoms with Gasteiger partial charge in [0, 0.05) is 49.6 Å². The Kier molecular flexibility index (Phi) is 6.94. The van der Waals surface area contributed by atoms with E-state index in [1.165, 1.54) is 5.56 Å². The summed E-state index contributed by atoms with van der Waals surface area (Å²) in [5.41, 5.74) is 2.26. The summed E-state index contributed by atoms with van der Waals surface area (Å²) in [6.07, 6.45) is 0. The number of rotatable bonds is 6. The number of aryl methyl sites for hydroxylation is 1. The van der Waals surface area contributed by atoms with Gasteiger partial charge in [-0.25, -0.2) is 9.97 Å². The zero-order valence-corrected chi connectivity index (χ0v) is 18.1. The fourth-order valence-corrected chi connectivity index (χ4v) is 4.20. The number of aromatic nitrogens is 2. The van der Waals surface area contributed by atoms with Crippen LogP contribution in [0.2, 0.25) is 0 Å². The molecule has 1 amide bonds. The second-order valence-corrected chi connectivity index (χ2v) is 8.96. The maximum atomic E-state index is 12.8. The van der Waals surface area contributed by atoms with Crippen LogP contribution in [0.15, 0.2) is 36.4 Å². The number of benzene rings is 1. The average Bonchev–Trinajstić information content (AvgIpc) is 2.72. The molecule has 0 aliphatic carbocycles. The van der Waals surface area contributed by atoms with Crippen LogP contribution >= 0.6 is 11.8 Å². The summed E-state index contributed by atoms with van der Waals surface area (Å²) in [7, 11) is 0. The summed E-state index contributed by atoms with van der Waals surface area (Å²) in [6.45, 7) is 11.4. The molecule has 0 spiro atoms. The van der Waals surface area contributed by atoms with E-state index in [0.29, 0.717) is 5.92 Å². The highest BCUT2D eigenvalue weighted by molar-refractivity contribution is 7.99. The summed E-state index contributed by atoms with van der Waals surface area (Å²) in [5, 5.41) is -0.0272. The number of thioether (sulfide) groups is 1. The van der Waals surface area contributed by atoms with Crippen LogP contribution in [0.5, 0.6) is 0 Å². The summed E-state index contributed by atoms with van der Waals surface area (Å²) >= 11 is 1.71. The smallest absolute Gasteiger partial charge is 0.235 e. The van der Waals surface area contributed by atoms with Crippen molar-refractivity contribution in [1.82, 2.24) is 14.9 Å². The number of hydrogen-bond acceptors (Lipinski definition) is 5. The van der Waals surface area contributed by atoms with E-state index in [0.717, 1.165) is 49.3 Å². The quantitative estimate of drug-likeness (QED) is 0.739. The molecule has 1 atom stereocenters. The molecule has 0 saturated carbocycles. The molecule has 0 N–H and O–H groups in total. The number of piperazine rings is 1. The van der Waals surface area contributed by atoms with Crippen molar-refractivity contribution in [3.63, 3.8) is 0 Å². The number of nitrogens with zero attached hydrogens (tertiary/aromatic N) is 4. The molecule has 5 nitrogen and oxygen atoms in total. The molecule has 3 rings (SSSR count). The first-order valence-electron chi connectivity index (χ1n) is 9.99. The molecule has 150 valence electrons. The fourth-order valence-electron chi connectivity index (χ4n) is 3.27. The molecule has 28 heavy (non-hydrogen) atoms. The molecule has 1 aromatic carbocycles. The molecular weight excluding hydrogens is 368 g/mol. The van der Waals surface area contributed by atoms with Gasteiger partial charge in [0.15, 0.2) is 0 Å². The van der Waals surface area contributed by atoms with Crippen LogP contribution in [-0.4, -0.2) is 52.2 Å². The van der Waals surface area contributed by atoms with Crippen molar-refractivity contribution in [3.8, 4) is 0 Å². The summed E-state index contributed by atoms with van der Waals surface area (Å²) in [5.74, 6) is 3.28. The van der Waals surface area contributed by atoms with Crippen molar-refractivity contribution in [2.75, 3.05) is 31.1 Å². The number of carbonyl (C=O) groups is 1. The topological polar surface area (TPSA) is 49.3 Å². The SMILES string of the molecule is Cc1cc(N2CCN(C(=O)[C@H](C)SCc3ccccc3)CC2)nc(C(C)C)n1. The van der Waals surface area contributed by atoms with E-state index < -0.39 is 0 Å². The van der Waals surface area contributed by atoms with Crippen LogP contribution in [0.25, 0.3) is 0 Å². The summed E-state index contributed by atoms with van der Waals surface area (Å²) in [4.78, 5) is 26.4. The minimum atomic E-state index is -0.0272. The van der Waals surface area contributed by atoms with Gasteiger partial charge in [-0.15, -0.1) is 11.8 Å². The van der Waals surface area contributed by atoms with Gasteiger partial charge in [0.2, 0.25) is 5.91 Å². The highest BCUT2D eigenvalue weighted by atomic mass is 32.2. The monoisotopic (exact) mass is 398 g/mol. The second kappa shape index (κ2) is 9.41. The first kappa shape index (κ1) is 20.6. The normalized spacial score (nSPS) is 15.8. The molecule has 2 heterocycles. The lowest BCUT2D eigenvalue weighted by Crippen LogP contribution is -2.51. The Morgan fingerprint density at radius 3 is 2.39 bits per heavy atom. The van der Waals surface area contributed by atoms with Gasteiger partial charge in [-0.05, 0) is 19.4 Å². The Balaban J connectivity index is 1.54. The van der Waals surface area contributed by atoms with Gasteiger partial charge in [-0.3, -0.25) is 4.79 Å². The molecule has 1 fully saturated rings. The molecule has 0 unspecified atom stereocenters.